The summed E-state index contributed by atoms with van der Waals surface area (Å²) in [7, 11) is 0. The van der Waals surface area contributed by atoms with Crippen molar-refractivity contribution in [3.05, 3.63) is 47.5 Å². The fourth-order valence-corrected chi connectivity index (χ4v) is 2.70. The van der Waals surface area contributed by atoms with Crippen LogP contribution in [0.3, 0.4) is 0 Å². The zero-order valence-corrected chi connectivity index (χ0v) is 11.9. The van der Waals surface area contributed by atoms with E-state index in [0.717, 1.165) is 37.1 Å². The first kappa shape index (κ1) is 13.3. The summed E-state index contributed by atoms with van der Waals surface area (Å²) in [6, 6.07) is 12.3. The number of rotatable bonds is 3. The summed E-state index contributed by atoms with van der Waals surface area (Å²) < 4.78 is 0. The molecule has 0 bridgehead atoms. The molecule has 1 aliphatic rings. The van der Waals surface area contributed by atoms with Crippen LogP contribution >= 0.6 is 0 Å². The van der Waals surface area contributed by atoms with Gasteiger partial charge in [0.05, 0.1) is 6.54 Å². The van der Waals surface area contributed by atoms with Crippen LogP contribution in [0.15, 0.2) is 36.4 Å². The first-order chi connectivity index (χ1) is 9.72. The van der Waals surface area contributed by atoms with Crippen LogP contribution in [0.4, 0.5) is 0 Å². The van der Waals surface area contributed by atoms with Crippen LogP contribution in [-0.4, -0.2) is 43.4 Å². The molecule has 2 aromatic rings. The van der Waals surface area contributed by atoms with E-state index < -0.39 is 0 Å². The van der Waals surface area contributed by atoms with Gasteiger partial charge in [-0.25, -0.2) is 0 Å². The molecule has 3 nitrogen and oxygen atoms in total. The van der Waals surface area contributed by atoms with Crippen LogP contribution in [0.1, 0.15) is 15.9 Å². The maximum atomic E-state index is 12.4. The summed E-state index contributed by atoms with van der Waals surface area (Å²) in [4.78, 5) is 14.6. The number of hydrogen-bond donors (Lipinski definition) is 1. The molecule has 3 rings (SSSR count). The second-order valence-corrected chi connectivity index (χ2v) is 5.51. The molecule has 1 N–H and O–H groups in total. The van der Waals surface area contributed by atoms with Crippen molar-refractivity contribution in [2.45, 2.75) is 6.92 Å². The van der Waals surface area contributed by atoms with Gasteiger partial charge in [-0.3, -0.25) is 9.69 Å². The molecular formula is C17H20N2O. The van der Waals surface area contributed by atoms with Crippen molar-refractivity contribution in [3.63, 3.8) is 0 Å². The average molecular weight is 268 g/mol. The summed E-state index contributed by atoms with van der Waals surface area (Å²) in [5.74, 6) is 0.217. The summed E-state index contributed by atoms with van der Waals surface area (Å²) in [6.45, 7) is 6.48. The molecule has 104 valence electrons. The third-order valence-corrected chi connectivity index (χ3v) is 3.89. The number of carbonyl (C=O) groups excluding carboxylic acids is 1. The number of fused-ring (bicyclic) bond motifs is 1. The number of aryl methyl sites for hydroxylation is 1. The Morgan fingerprint density at radius 2 is 1.80 bits per heavy atom. The fraction of sp³-hybridized carbons (Fsp3) is 0.353. The highest BCUT2D eigenvalue weighted by Crippen LogP contribution is 2.18. The predicted molar refractivity (Wildman–Crippen MR) is 82.3 cm³/mol. The van der Waals surface area contributed by atoms with E-state index in [1.54, 1.807) is 0 Å². The molecule has 1 fully saturated rings. The number of benzene rings is 2. The molecule has 1 saturated heterocycles. The number of nitrogens with one attached hydrogen (secondary N) is 1. The number of Topliss-reactive ketones (excluding diaryl/α,β-unsaturated/α-hetero) is 1. The number of nitrogens with zero attached hydrogens (tertiary/aromatic N) is 1. The standard InChI is InChI=1S/C17H20N2O/c1-13-2-3-15-11-16(5-4-14(15)10-13)17(20)12-19-8-6-18-7-9-19/h2-5,10-11,18H,6-9,12H2,1H3. The first-order valence-electron chi connectivity index (χ1n) is 7.19. The van der Waals surface area contributed by atoms with Crippen molar-refractivity contribution in [1.82, 2.24) is 10.2 Å². The second-order valence-electron chi connectivity index (χ2n) is 5.51. The zero-order chi connectivity index (χ0) is 13.9. The van der Waals surface area contributed by atoms with Crippen molar-refractivity contribution in [2.24, 2.45) is 0 Å². The molecule has 0 aromatic heterocycles. The Morgan fingerprint density at radius 1 is 1.10 bits per heavy atom. The van der Waals surface area contributed by atoms with Gasteiger partial charge in [-0.2, -0.15) is 0 Å². The Labute approximate surface area is 119 Å². The molecule has 0 amide bonds. The maximum Gasteiger partial charge on any atom is 0.176 e. The van der Waals surface area contributed by atoms with E-state index in [-0.39, 0.29) is 5.78 Å². The SMILES string of the molecule is Cc1ccc2cc(C(=O)CN3CCNCC3)ccc2c1. The monoisotopic (exact) mass is 268 g/mol. The molecule has 3 heteroatoms. The van der Waals surface area contributed by atoms with Crippen molar-refractivity contribution >= 4 is 16.6 Å². The third kappa shape index (κ3) is 2.89. The zero-order valence-electron chi connectivity index (χ0n) is 11.9. The molecule has 20 heavy (non-hydrogen) atoms. The van der Waals surface area contributed by atoms with Gasteiger partial charge in [0.2, 0.25) is 0 Å². The lowest BCUT2D eigenvalue weighted by Gasteiger charge is -2.26. The number of ketones is 1. The fourth-order valence-electron chi connectivity index (χ4n) is 2.70. The highest BCUT2D eigenvalue weighted by Gasteiger charge is 2.15. The lowest BCUT2D eigenvalue weighted by atomic mass is 10.0. The summed E-state index contributed by atoms with van der Waals surface area (Å²) >= 11 is 0. The molecule has 0 atom stereocenters. The van der Waals surface area contributed by atoms with Crippen molar-refractivity contribution in [1.29, 1.82) is 0 Å². The minimum atomic E-state index is 0.217. The molecule has 1 heterocycles. The third-order valence-electron chi connectivity index (χ3n) is 3.89. The number of carbonyl (C=O) groups is 1. The Kier molecular flexibility index (Phi) is 3.81. The van der Waals surface area contributed by atoms with Crippen LogP contribution in [-0.2, 0) is 0 Å². The largest absolute Gasteiger partial charge is 0.314 e. The Balaban J connectivity index is 1.78. The molecule has 2 aromatic carbocycles. The van der Waals surface area contributed by atoms with E-state index in [4.69, 9.17) is 0 Å². The summed E-state index contributed by atoms with van der Waals surface area (Å²) in [5, 5.41) is 5.64. The van der Waals surface area contributed by atoms with E-state index in [2.05, 4.69) is 35.3 Å². The van der Waals surface area contributed by atoms with Gasteiger partial charge in [0, 0.05) is 31.7 Å². The summed E-state index contributed by atoms with van der Waals surface area (Å²) in [6.07, 6.45) is 0. The lowest BCUT2D eigenvalue weighted by molar-refractivity contribution is 0.0921. The normalized spacial score (nSPS) is 16.4. The van der Waals surface area contributed by atoms with Gasteiger partial charge in [-0.15, -0.1) is 0 Å². The van der Waals surface area contributed by atoms with Gasteiger partial charge in [0.15, 0.2) is 5.78 Å². The van der Waals surface area contributed by atoms with Gasteiger partial charge in [0.25, 0.3) is 0 Å². The maximum absolute atomic E-state index is 12.4. The van der Waals surface area contributed by atoms with Crippen LogP contribution in [0.2, 0.25) is 0 Å². The Hall–Kier alpha value is -1.71. The Bertz CT molecular complexity index is 630. The number of hydrogen-bond acceptors (Lipinski definition) is 3. The van der Waals surface area contributed by atoms with Gasteiger partial charge in [-0.05, 0) is 23.8 Å². The van der Waals surface area contributed by atoms with E-state index in [1.807, 2.05) is 18.2 Å². The lowest BCUT2D eigenvalue weighted by Crippen LogP contribution is -2.45. The molecule has 0 unspecified atom stereocenters. The smallest absolute Gasteiger partial charge is 0.176 e. The molecular weight excluding hydrogens is 248 g/mol. The summed E-state index contributed by atoms with van der Waals surface area (Å²) in [5.41, 5.74) is 2.07. The van der Waals surface area contributed by atoms with Crippen LogP contribution < -0.4 is 5.32 Å². The molecule has 0 spiro atoms. The minimum Gasteiger partial charge on any atom is -0.314 e. The van der Waals surface area contributed by atoms with Crippen molar-refractivity contribution in [2.75, 3.05) is 32.7 Å². The minimum absolute atomic E-state index is 0.217. The second kappa shape index (κ2) is 5.73. The average Bonchev–Trinajstić information content (AvgIpc) is 2.47. The predicted octanol–water partition coefficient (Wildman–Crippen LogP) is 2.24. The van der Waals surface area contributed by atoms with E-state index in [0.29, 0.717) is 6.54 Å². The van der Waals surface area contributed by atoms with E-state index in [1.165, 1.54) is 10.9 Å². The molecule has 0 radical (unpaired) electrons. The van der Waals surface area contributed by atoms with Gasteiger partial charge in [0.1, 0.15) is 0 Å². The topological polar surface area (TPSA) is 32.3 Å². The van der Waals surface area contributed by atoms with Gasteiger partial charge < -0.3 is 5.32 Å². The van der Waals surface area contributed by atoms with E-state index >= 15 is 0 Å². The first-order valence-corrected chi connectivity index (χ1v) is 7.19. The van der Waals surface area contributed by atoms with Crippen LogP contribution in [0.25, 0.3) is 10.8 Å². The molecule has 0 saturated carbocycles. The van der Waals surface area contributed by atoms with Gasteiger partial charge >= 0.3 is 0 Å². The van der Waals surface area contributed by atoms with Crippen LogP contribution in [0, 0.1) is 6.92 Å². The van der Waals surface area contributed by atoms with Crippen molar-refractivity contribution < 1.29 is 4.79 Å². The molecule has 0 aliphatic carbocycles. The van der Waals surface area contributed by atoms with Gasteiger partial charge in [-0.1, -0.05) is 35.9 Å². The number of piperazine rings is 1. The highest BCUT2D eigenvalue weighted by atomic mass is 16.1. The van der Waals surface area contributed by atoms with E-state index in [9.17, 15) is 4.79 Å². The molecule has 1 aliphatic heterocycles. The highest BCUT2D eigenvalue weighted by molar-refractivity contribution is 6.01. The quantitative estimate of drug-likeness (QED) is 0.867. The van der Waals surface area contributed by atoms with Crippen molar-refractivity contribution in [3.8, 4) is 0 Å². The Morgan fingerprint density at radius 3 is 2.60 bits per heavy atom. The van der Waals surface area contributed by atoms with Crippen LogP contribution in [0.5, 0.6) is 0 Å².